The highest BCUT2D eigenvalue weighted by molar-refractivity contribution is 7.90. The van der Waals surface area contributed by atoms with Crippen molar-refractivity contribution in [2.45, 2.75) is 31.7 Å². The summed E-state index contributed by atoms with van der Waals surface area (Å²) in [6.07, 6.45) is -4.04. The van der Waals surface area contributed by atoms with E-state index < -0.39 is 26.9 Å². The highest BCUT2D eigenvalue weighted by atomic mass is 32.2. The Hall–Kier alpha value is -2.17. The zero-order valence-corrected chi connectivity index (χ0v) is 13.3. The van der Waals surface area contributed by atoms with Crippen LogP contribution in [0, 0.1) is 13.8 Å². The molecule has 0 bridgehead atoms. The second kappa shape index (κ2) is 5.80. The van der Waals surface area contributed by atoms with E-state index in [9.17, 15) is 21.6 Å². The van der Waals surface area contributed by atoms with Crippen molar-refractivity contribution in [1.29, 1.82) is 0 Å². The van der Waals surface area contributed by atoms with Gasteiger partial charge in [0, 0.05) is 18.0 Å². The predicted molar refractivity (Wildman–Crippen MR) is 75.5 cm³/mol. The minimum absolute atomic E-state index is 0.0910. The molecule has 0 aliphatic rings. The Bertz CT molecular complexity index is 830. The standard InChI is InChI=1S/C12H14F3N5O2S/c1-6-7(2)19-20-8(6)5-16-10-4-9(12(13,14)15)17-11(18-10)23(3,21)22/h4H,5H2,1-3H3,(H,19,20)(H,16,17,18). The normalized spacial score (nSPS) is 12.4. The number of aromatic nitrogens is 4. The second-order valence-corrected chi connectivity index (χ2v) is 6.87. The minimum atomic E-state index is -4.78. The molecule has 0 atom stereocenters. The Labute approximate surface area is 130 Å². The summed E-state index contributed by atoms with van der Waals surface area (Å²) in [5, 5.41) is 8.50. The van der Waals surface area contributed by atoms with Crippen molar-refractivity contribution in [2.24, 2.45) is 0 Å². The third-order valence-corrected chi connectivity index (χ3v) is 3.96. The quantitative estimate of drug-likeness (QED) is 0.817. The number of hydrogen-bond donors (Lipinski definition) is 2. The van der Waals surface area contributed by atoms with Gasteiger partial charge in [0.1, 0.15) is 5.82 Å². The molecule has 0 aliphatic heterocycles. The Balaban J connectivity index is 2.36. The van der Waals surface area contributed by atoms with E-state index in [4.69, 9.17) is 0 Å². The molecule has 0 fully saturated rings. The number of halogens is 3. The molecule has 2 rings (SSSR count). The number of anilines is 1. The highest BCUT2D eigenvalue weighted by Gasteiger charge is 2.34. The summed E-state index contributed by atoms with van der Waals surface area (Å²) in [5.41, 5.74) is 0.948. The van der Waals surface area contributed by atoms with E-state index in [2.05, 4.69) is 25.5 Å². The van der Waals surface area contributed by atoms with Gasteiger partial charge in [-0.1, -0.05) is 0 Å². The van der Waals surface area contributed by atoms with Crippen molar-refractivity contribution in [1.82, 2.24) is 20.2 Å². The molecule has 2 N–H and O–H groups in total. The van der Waals surface area contributed by atoms with E-state index in [0.29, 0.717) is 11.8 Å². The van der Waals surface area contributed by atoms with Gasteiger partial charge in [0.2, 0.25) is 15.0 Å². The fourth-order valence-corrected chi connectivity index (χ4v) is 2.24. The summed E-state index contributed by atoms with van der Waals surface area (Å²) in [6.45, 7) is 3.70. The average molecular weight is 349 g/mol. The first-order valence-corrected chi connectivity index (χ1v) is 8.28. The van der Waals surface area contributed by atoms with Crippen LogP contribution in [0.25, 0.3) is 0 Å². The lowest BCUT2D eigenvalue weighted by Gasteiger charge is -2.10. The number of aryl methyl sites for hydroxylation is 1. The molecule has 23 heavy (non-hydrogen) atoms. The Morgan fingerprint density at radius 2 is 1.91 bits per heavy atom. The molecular weight excluding hydrogens is 335 g/mol. The molecular formula is C12H14F3N5O2S. The van der Waals surface area contributed by atoms with Crippen LogP contribution in [0.5, 0.6) is 0 Å². The molecule has 7 nitrogen and oxygen atoms in total. The number of aromatic amines is 1. The highest BCUT2D eigenvalue weighted by Crippen LogP contribution is 2.29. The SMILES string of the molecule is Cc1[nH]nc(CNc2cc(C(F)(F)F)nc(S(C)(=O)=O)n2)c1C. The monoisotopic (exact) mass is 349 g/mol. The van der Waals surface area contributed by atoms with E-state index in [-0.39, 0.29) is 12.4 Å². The second-order valence-electron chi connectivity index (χ2n) is 4.96. The van der Waals surface area contributed by atoms with Gasteiger partial charge in [-0.15, -0.1) is 0 Å². The topological polar surface area (TPSA) is 101 Å². The first-order chi connectivity index (χ1) is 10.5. The third kappa shape index (κ3) is 3.97. The fourth-order valence-electron chi connectivity index (χ4n) is 1.71. The van der Waals surface area contributed by atoms with E-state index in [0.717, 1.165) is 17.5 Å². The van der Waals surface area contributed by atoms with Crippen LogP contribution in [0.3, 0.4) is 0 Å². The largest absolute Gasteiger partial charge is 0.433 e. The molecule has 0 radical (unpaired) electrons. The van der Waals surface area contributed by atoms with Gasteiger partial charge in [-0.05, 0) is 19.4 Å². The fraction of sp³-hybridized carbons (Fsp3) is 0.417. The Kier molecular flexibility index (Phi) is 4.33. The molecule has 0 saturated heterocycles. The lowest BCUT2D eigenvalue weighted by molar-refractivity contribution is -0.141. The van der Waals surface area contributed by atoms with Gasteiger partial charge in [0.25, 0.3) is 0 Å². The summed E-state index contributed by atoms with van der Waals surface area (Å²) in [6, 6.07) is 0.656. The first-order valence-electron chi connectivity index (χ1n) is 6.39. The summed E-state index contributed by atoms with van der Waals surface area (Å²) in [4.78, 5) is 6.69. The van der Waals surface area contributed by atoms with Crippen LogP contribution in [0.1, 0.15) is 22.6 Å². The van der Waals surface area contributed by atoms with E-state index in [1.807, 2.05) is 0 Å². The lowest BCUT2D eigenvalue weighted by Crippen LogP contribution is -2.15. The number of alkyl halides is 3. The minimum Gasteiger partial charge on any atom is -0.364 e. The van der Waals surface area contributed by atoms with E-state index in [1.165, 1.54) is 0 Å². The van der Waals surface area contributed by atoms with Crippen molar-refractivity contribution >= 4 is 15.7 Å². The number of hydrogen-bond acceptors (Lipinski definition) is 6. The van der Waals surface area contributed by atoms with Crippen LogP contribution >= 0.6 is 0 Å². The lowest BCUT2D eigenvalue weighted by atomic mass is 10.2. The third-order valence-electron chi connectivity index (χ3n) is 3.12. The van der Waals surface area contributed by atoms with E-state index >= 15 is 0 Å². The maximum atomic E-state index is 12.8. The molecule has 0 aliphatic carbocycles. The van der Waals surface area contributed by atoms with Gasteiger partial charge in [0.15, 0.2) is 5.69 Å². The number of H-pyrrole nitrogens is 1. The number of nitrogens with zero attached hydrogens (tertiary/aromatic N) is 3. The van der Waals surface area contributed by atoms with Crippen LogP contribution in [-0.4, -0.2) is 34.8 Å². The zero-order chi connectivity index (χ0) is 17.4. The maximum absolute atomic E-state index is 12.8. The summed E-state index contributed by atoms with van der Waals surface area (Å²) >= 11 is 0. The van der Waals surface area contributed by atoms with Gasteiger partial charge >= 0.3 is 6.18 Å². The van der Waals surface area contributed by atoms with E-state index in [1.54, 1.807) is 13.8 Å². The number of rotatable bonds is 4. The molecule has 2 heterocycles. The van der Waals surface area contributed by atoms with Gasteiger partial charge in [-0.25, -0.2) is 18.4 Å². The Morgan fingerprint density at radius 3 is 2.39 bits per heavy atom. The molecule has 0 unspecified atom stereocenters. The molecule has 2 aromatic heterocycles. The van der Waals surface area contributed by atoms with Crippen LogP contribution in [0.4, 0.5) is 19.0 Å². The van der Waals surface area contributed by atoms with Crippen LogP contribution in [-0.2, 0) is 22.6 Å². The van der Waals surface area contributed by atoms with Gasteiger partial charge in [-0.3, -0.25) is 5.10 Å². The predicted octanol–water partition coefficient (Wildman–Crippen LogP) is 1.85. The Morgan fingerprint density at radius 1 is 1.26 bits per heavy atom. The number of sulfone groups is 1. The van der Waals surface area contributed by atoms with Crippen molar-refractivity contribution in [3.05, 3.63) is 28.7 Å². The van der Waals surface area contributed by atoms with Gasteiger partial charge in [-0.2, -0.15) is 18.3 Å². The van der Waals surface area contributed by atoms with Gasteiger partial charge < -0.3 is 5.32 Å². The summed E-state index contributed by atoms with van der Waals surface area (Å²) in [7, 11) is -3.98. The smallest absolute Gasteiger partial charge is 0.364 e. The van der Waals surface area contributed by atoms with Crippen LogP contribution < -0.4 is 5.32 Å². The molecule has 0 amide bonds. The number of nitrogens with one attached hydrogen (secondary N) is 2. The molecule has 0 saturated carbocycles. The maximum Gasteiger partial charge on any atom is 0.433 e. The summed E-state index contributed by atoms with van der Waals surface area (Å²) < 4.78 is 61.4. The first kappa shape index (κ1) is 17.2. The van der Waals surface area contributed by atoms with Crippen molar-refractivity contribution < 1.29 is 21.6 Å². The zero-order valence-electron chi connectivity index (χ0n) is 12.5. The van der Waals surface area contributed by atoms with Crippen LogP contribution in [0.2, 0.25) is 0 Å². The summed E-state index contributed by atoms with van der Waals surface area (Å²) in [5.74, 6) is -0.243. The molecule has 0 spiro atoms. The van der Waals surface area contributed by atoms with Gasteiger partial charge in [0.05, 0.1) is 12.2 Å². The van der Waals surface area contributed by atoms with Crippen molar-refractivity contribution in [3.8, 4) is 0 Å². The van der Waals surface area contributed by atoms with Crippen LogP contribution in [0.15, 0.2) is 11.2 Å². The molecule has 2 aromatic rings. The van der Waals surface area contributed by atoms with Crippen molar-refractivity contribution in [2.75, 3.05) is 11.6 Å². The average Bonchev–Trinajstić information content (AvgIpc) is 2.74. The molecule has 126 valence electrons. The molecule has 0 aromatic carbocycles. The van der Waals surface area contributed by atoms with Crippen molar-refractivity contribution in [3.63, 3.8) is 0 Å². The molecule has 11 heteroatoms.